The van der Waals surface area contributed by atoms with Gasteiger partial charge < -0.3 is 9.64 Å². The third kappa shape index (κ3) is 2.89. The number of alkyl halides is 1. The number of hydrogen-bond acceptors (Lipinski definition) is 4. The first-order chi connectivity index (χ1) is 8.22. The van der Waals surface area contributed by atoms with Gasteiger partial charge in [0.25, 0.3) is 0 Å². The van der Waals surface area contributed by atoms with Crippen molar-refractivity contribution in [1.82, 2.24) is 9.97 Å². The van der Waals surface area contributed by atoms with Gasteiger partial charge in [-0.1, -0.05) is 15.9 Å². The highest BCUT2D eigenvalue weighted by molar-refractivity contribution is 9.09. The summed E-state index contributed by atoms with van der Waals surface area (Å²) in [6.07, 6.45) is 4.02. The van der Waals surface area contributed by atoms with Crippen LogP contribution in [-0.4, -0.2) is 34.5 Å². The van der Waals surface area contributed by atoms with Crippen molar-refractivity contribution in [2.24, 2.45) is 0 Å². The summed E-state index contributed by atoms with van der Waals surface area (Å²) in [5.74, 6) is 1.71. The Balaban J connectivity index is 2.22. The van der Waals surface area contributed by atoms with Gasteiger partial charge in [0.05, 0.1) is 12.2 Å². The smallest absolute Gasteiger partial charge is 0.221 e. The van der Waals surface area contributed by atoms with E-state index >= 15 is 0 Å². The number of hydrogen-bond donors (Lipinski definition) is 0. The fourth-order valence-corrected chi connectivity index (χ4v) is 2.82. The molecule has 1 aromatic heterocycles. The van der Waals surface area contributed by atoms with Crippen LogP contribution < -0.4 is 9.64 Å². The van der Waals surface area contributed by atoms with Gasteiger partial charge in [0.2, 0.25) is 5.88 Å². The predicted molar refractivity (Wildman–Crippen MR) is 72.1 cm³/mol. The van der Waals surface area contributed by atoms with Gasteiger partial charge in [0, 0.05) is 17.9 Å². The van der Waals surface area contributed by atoms with Crippen LogP contribution in [0.2, 0.25) is 0 Å². The molecule has 1 aliphatic rings. The summed E-state index contributed by atoms with van der Waals surface area (Å²) in [5.41, 5.74) is 1.04. The molecule has 0 amide bonds. The minimum absolute atomic E-state index is 0.557. The Morgan fingerprint density at radius 1 is 1.53 bits per heavy atom. The number of ether oxygens (including phenoxy) is 1. The Morgan fingerprint density at radius 3 is 3.06 bits per heavy atom. The molecule has 0 aromatic carbocycles. The highest BCUT2D eigenvalue weighted by Gasteiger charge is 2.21. The van der Waals surface area contributed by atoms with Crippen molar-refractivity contribution < 1.29 is 4.74 Å². The van der Waals surface area contributed by atoms with Crippen LogP contribution in [0, 0.1) is 6.92 Å². The van der Waals surface area contributed by atoms with Crippen LogP contribution in [0.3, 0.4) is 0 Å². The second kappa shape index (κ2) is 5.67. The number of anilines is 1. The standard InChI is InChI=1S/C12H18BrN3O/c1-3-17-12-9(2)11(14-8-15-12)16-6-4-5-10(13)7-16/h8,10H,3-7H2,1-2H3. The SMILES string of the molecule is CCOc1ncnc(N2CCCC(Br)C2)c1C. The molecular formula is C12H18BrN3O. The Kier molecular flexibility index (Phi) is 4.20. The van der Waals surface area contributed by atoms with Crippen molar-refractivity contribution >= 4 is 21.7 Å². The predicted octanol–water partition coefficient (Wildman–Crippen LogP) is 2.55. The molecule has 0 N–H and O–H groups in total. The Morgan fingerprint density at radius 2 is 2.35 bits per heavy atom. The van der Waals surface area contributed by atoms with E-state index in [1.54, 1.807) is 6.33 Å². The average molecular weight is 300 g/mol. The topological polar surface area (TPSA) is 38.3 Å². The zero-order chi connectivity index (χ0) is 12.3. The van der Waals surface area contributed by atoms with E-state index in [4.69, 9.17) is 4.74 Å². The summed E-state index contributed by atoms with van der Waals surface area (Å²) in [5, 5.41) is 0. The van der Waals surface area contributed by atoms with Crippen LogP contribution in [0.15, 0.2) is 6.33 Å². The lowest BCUT2D eigenvalue weighted by Crippen LogP contribution is -2.36. The molecule has 2 rings (SSSR count). The van der Waals surface area contributed by atoms with Gasteiger partial charge in [-0.15, -0.1) is 0 Å². The summed E-state index contributed by atoms with van der Waals surface area (Å²) >= 11 is 3.68. The second-order valence-electron chi connectivity index (χ2n) is 4.25. The fourth-order valence-electron chi connectivity index (χ4n) is 2.14. The van der Waals surface area contributed by atoms with Gasteiger partial charge in [-0.2, -0.15) is 0 Å². The molecule has 94 valence electrons. The van der Waals surface area contributed by atoms with E-state index in [2.05, 4.69) is 30.8 Å². The van der Waals surface area contributed by atoms with E-state index in [1.807, 2.05) is 13.8 Å². The largest absolute Gasteiger partial charge is 0.478 e. The van der Waals surface area contributed by atoms with Crippen molar-refractivity contribution in [1.29, 1.82) is 0 Å². The summed E-state index contributed by atoms with van der Waals surface area (Å²) in [7, 11) is 0. The quantitative estimate of drug-likeness (QED) is 0.804. The number of piperidine rings is 1. The number of aromatic nitrogens is 2. The van der Waals surface area contributed by atoms with E-state index in [-0.39, 0.29) is 0 Å². The molecule has 0 bridgehead atoms. The Labute approximate surface area is 111 Å². The minimum Gasteiger partial charge on any atom is -0.478 e. The lowest BCUT2D eigenvalue weighted by Gasteiger charge is -2.31. The molecule has 1 atom stereocenters. The molecule has 2 heterocycles. The molecule has 1 unspecified atom stereocenters. The van der Waals surface area contributed by atoms with Crippen LogP contribution in [-0.2, 0) is 0 Å². The molecule has 0 saturated carbocycles. The number of nitrogens with zero attached hydrogens (tertiary/aromatic N) is 3. The van der Waals surface area contributed by atoms with Crippen molar-refractivity contribution in [3.05, 3.63) is 11.9 Å². The van der Waals surface area contributed by atoms with Crippen molar-refractivity contribution in [3.63, 3.8) is 0 Å². The van der Waals surface area contributed by atoms with Crippen LogP contribution in [0.25, 0.3) is 0 Å². The molecule has 0 spiro atoms. The maximum Gasteiger partial charge on any atom is 0.221 e. The maximum absolute atomic E-state index is 5.51. The molecule has 4 nitrogen and oxygen atoms in total. The van der Waals surface area contributed by atoms with E-state index in [1.165, 1.54) is 12.8 Å². The third-order valence-electron chi connectivity index (χ3n) is 2.96. The van der Waals surface area contributed by atoms with Crippen LogP contribution in [0.1, 0.15) is 25.3 Å². The molecule has 17 heavy (non-hydrogen) atoms. The zero-order valence-corrected chi connectivity index (χ0v) is 11.9. The highest BCUT2D eigenvalue weighted by atomic mass is 79.9. The zero-order valence-electron chi connectivity index (χ0n) is 10.3. The van der Waals surface area contributed by atoms with Crippen LogP contribution in [0.5, 0.6) is 5.88 Å². The van der Waals surface area contributed by atoms with Gasteiger partial charge in [0.1, 0.15) is 12.1 Å². The molecule has 0 aliphatic carbocycles. The lowest BCUT2D eigenvalue weighted by atomic mass is 10.1. The number of rotatable bonds is 3. The molecule has 5 heteroatoms. The van der Waals surface area contributed by atoms with E-state index < -0.39 is 0 Å². The Bertz CT molecular complexity index is 386. The van der Waals surface area contributed by atoms with Gasteiger partial charge in [-0.3, -0.25) is 0 Å². The first kappa shape index (κ1) is 12.6. The fraction of sp³-hybridized carbons (Fsp3) is 0.667. The van der Waals surface area contributed by atoms with E-state index in [0.29, 0.717) is 17.3 Å². The van der Waals surface area contributed by atoms with Gasteiger partial charge >= 0.3 is 0 Å². The molecular weight excluding hydrogens is 282 g/mol. The first-order valence-corrected chi connectivity index (χ1v) is 6.97. The van der Waals surface area contributed by atoms with Crippen molar-refractivity contribution in [3.8, 4) is 5.88 Å². The summed E-state index contributed by atoms with van der Waals surface area (Å²) in [6, 6.07) is 0. The van der Waals surface area contributed by atoms with Crippen molar-refractivity contribution in [2.75, 3.05) is 24.6 Å². The Hall–Kier alpha value is -0.840. The molecule has 1 saturated heterocycles. The number of halogens is 1. The summed E-state index contributed by atoms with van der Waals surface area (Å²) < 4.78 is 5.51. The highest BCUT2D eigenvalue weighted by Crippen LogP contribution is 2.27. The molecule has 1 aromatic rings. The van der Waals surface area contributed by atoms with E-state index in [9.17, 15) is 0 Å². The van der Waals surface area contributed by atoms with Crippen LogP contribution >= 0.6 is 15.9 Å². The molecule has 1 aliphatic heterocycles. The van der Waals surface area contributed by atoms with Gasteiger partial charge in [-0.05, 0) is 26.7 Å². The van der Waals surface area contributed by atoms with E-state index in [0.717, 1.165) is 24.5 Å². The third-order valence-corrected chi connectivity index (χ3v) is 3.70. The van der Waals surface area contributed by atoms with Crippen LogP contribution in [0.4, 0.5) is 5.82 Å². The molecule has 0 radical (unpaired) electrons. The maximum atomic E-state index is 5.51. The van der Waals surface area contributed by atoms with Crippen molar-refractivity contribution in [2.45, 2.75) is 31.5 Å². The van der Waals surface area contributed by atoms with Gasteiger partial charge in [-0.25, -0.2) is 9.97 Å². The second-order valence-corrected chi connectivity index (χ2v) is 5.54. The average Bonchev–Trinajstić information content (AvgIpc) is 2.32. The van der Waals surface area contributed by atoms with Gasteiger partial charge in [0.15, 0.2) is 0 Å². The summed E-state index contributed by atoms with van der Waals surface area (Å²) in [6.45, 7) is 6.70. The minimum atomic E-state index is 0.557. The molecule has 1 fully saturated rings. The first-order valence-electron chi connectivity index (χ1n) is 6.05. The normalized spacial score (nSPS) is 20.4. The lowest BCUT2D eigenvalue weighted by molar-refractivity contribution is 0.323. The monoisotopic (exact) mass is 299 g/mol. The summed E-state index contributed by atoms with van der Waals surface area (Å²) in [4.78, 5) is 11.4.